The maximum atomic E-state index is 12.2. The molecule has 1 heterocycles. The molecule has 26 heavy (non-hydrogen) atoms. The molecule has 8 nitrogen and oxygen atoms in total. The van der Waals surface area contributed by atoms with E-state index in [-0.39, 0.29) is 18.9 Å². The molecule has 1 aliphatic heterocycles. The van der Waals surface area contributed by atoms with E-state index >= 15 is 0 Å². The van der Waals surface area contributed by atoms with E-state index in [0.717, 1.165) is 0 Å². The third-order valence-corrected chi connectivity index (χ3v) is 4.43. The van der Waals surface area contributed by atoms with Crippen LogP contribution in [0.15, 0.2) is 24.3 Å². The maximum Gasteiger partial charge on any atom is 0.344 e. The van der Waals surface area contributed by atoms with Crippen LogP contribution in [0.25, 0.3) is 0 Å². The Hall–Kier alpha value is -2.61. The van der Waals surface area contributed by atoms with Gasteiger partial charge in [0.25, 0.3) is 11.8 Å². The molecule has 0 radical (unpaired) electrons. The van der Waals surface area contributed by atoms with Crippen molar-refractivity contribution in [1.82, 2.24) is 21.1 Å². The van der Waals surface area contributed by atoms with E-state index < -0.39 is 23.4 Å². The number of nitrogens with one attached hydrogen (secondary N) is 3. The Balaban J connectivity index is 1.74. The standard InChI is InChI=1S/C17H21ClN4O4/c1-3-17(2)15(25)22(16(26)20-17)21-13(23)5-4-10-19-14(24)11-6-8-12(18)9-7-11/h6-9H,3-5,10H2,1-2H3,(H,19,24)(H,20,26)(H,21,23)/t17-/m1/s1. The van der Waals surface area contributed by atoms with E-state index in [9.17, 15) is 19.2 Å². The van der Waals surface area contributed by atoms with Gasteiger partial charge in [0, 0.05) is 23.6 Å². The molecule has 140 valence electrons. The molecule has 0 bridgehead atoms. The fourth-order valence-electron chi connectivity index (χ4n) is 2.36. The number of urea groups is 1. The van der Waals surface area contributed by atoms with E-state index in [4.69, 9.17) is 11.6 Å². The number of amides is 5. The first-order chi connectivity index (χ1) is 12.3. The predicted molar refractivity (Wildman–Crippen MR) is 95.2 cm³/mol. The predicted octanol–water partition coefficient (Wildman–Crippen LogP) is 1.60. The number of carbonyl (C=O) groups is 4. The molecule has 0 saturated carbocycles. The molecular formula is C17H21ClN4O4. The van der Waals surface area contributed by atoms with Crippen LogP contribution in [0.4, 0.5) is 4.79 Å². The molecule has 0 aromatic heterocycles. The van der Waals surface area contributed by atoms with Crippen molar-refractivity contribution in [2.45, 2.75) is 38.6 Å². The molecule has 1 fully saturated rings. The molecule has 0 spiro atoms. The number of halogens is 1. The lowest BCUT2D eigenvalue weighted by atomic mass is 10.00. The number of rotatable bonds is 7. The molecule has 2 rings (SSSR count). The summed E-state index contributed by atoms with van der Waals surface area (Å²) in [6.07, 6.45) is 0.835. The Kier molecular flexibility index (Phi) is 6.20. The minimum atomic E-state index is -1.00. The zero-order chi connectivity index (χ0) is 19.3. The molecule has 3 N–H and O–H groups in total. The summed E-state index contributed by atoms with van der Waals surface area (Å²) in [6, 6.07) is 5.79. The molecule has 1 aliphatic rings. The fraction of sp³-hybridized carbons (Fsp3) is 0.412. The van der Waals surface area contributed by atoms with Gasteiger partial charge in [-0.1, -0.05) is 18.5 Å². The van der Waals surface area contributed by atoms with Crippen molar-refractivity contribution in [3.05, 3.63) is 34.9 Å². The number of hydrogen-bond donors (Lipinski definition) is 3. The minimum absolute atomic E-state index is 0.0563. The topological polar surface area (TPSA) is 108 Å². The highest BCUT2D eigenvalue weighted by atomic mass is 35.5. The highest BCUT2D eigenvalue weighted by Gasteiger charge is 2.47. The summed E-state index contributed by atoms with van der Waals surface area (Å²) in [5.41, 5.74) is 1.77. The third kappa shape index (κ3) is 4.51. The van der Waals surface area contributed by atoms with Crippen LogP contribution < -0.4 is 16.1 Å². The second-order valence-corrected chi connectivity index (χ2v) is 6.59. The lowest BCUT2D eigenvalue weighted by Crippen LogP contribution is -2.48. The number of nitrogens with zero attached hydrogens (tertiary/aromatic N) is 1. The van der Waals surface area contributed by atoms with Crippen LogP contribution >= 0.6 is 11.6 Å². The molecule has 1 atom stereocenters. The van der Waals surface area contributed by atoms with Gasteiger partial charge in [-0.15, -0.1) is 0 Å². The van der Waals surface area contributed by atoms with Crippen LogP contribution in [0.5, 0.6) is 0 Å². The van der Waals surface area contributed by atoms with Gasteiger partial charge in [-0.2, -0.15) is 5.01 Å². The van der Waals surface area contributed by atoms with E-state index in [0.29, 0.717) is 28.4 Å². The SMILES string of the molecule is CC[C@@]1(C)NC(=O)N(NC(=O)CCCNC(=O)c2ccc(Cl)cc2)C1=O. The zero-order valence-corrected chi connectivity index (χ0v) is 15.4. The molecule has 0 aliphatic carbocycles. The molecule has 0 unspecified atom stereocenters. The summed E-state index contributed by atoms with van der Waals surface area (Å²) in [5, 5.41) is 6.48. The normalized spacial score (nSPS) is 19.3. The minimum Gasteiger partial charge on any atom is -0.352 e. The van der Waals surface area contributed by atoms with Crippen LogP contribution in [0.2, 0.25) is 5.02 Å². The monoisotopic (exact) mass is 380 g/mol. The molecule has 1 saturated heterocycles. The van der Waals surface area contributed by atoms with Crippen molar-refractivity contribution in [2.75, 3.05) is 6.54 Å². The second-order valence-electron chi connectivity index (χ2n) is 6.16. The van der Waals surface area contributed by atoms with Gasteiger partial charge >= 0.3 is 6.03 Å². The average Bonchev–Trinajstić information content (AvgIpc) is 2.83. The fourth-order valence-corrected chi connectivity index (χ4v) is 2.49. The van der Waals surface area contributed by atoms with Crippen LogP contribution in [0.1, 0.15) is 43.5 Å². The van der Waals surface area contributed by atoms with Crippen molar-refractivity contribution >= 4 is 35.4 Å². The first-order valence-corrected chi connectivity index (χ1v) is 8.64. The van der Waals surface area contributed by atoms with Gasteiger partial charge in [0.2, 0.25) is 5.91 Å². The molecular weight excluding hydrogens is 360 g/mol. The van der Waals surface area contributed by atoms with Gasteiger partial charge in [-0.25, -0.2) is 4.79 Å². The third-order valence-electron chi connectivity index (χ3n) is 4.18. The summed E-state index contributed by atoms with van der Waals surface area (Å²) < 4.78 is 0. The Morgan fingerprint density at radius 3 is 2.46 bits per heavy atom. The quantitative estimate of drug-likeness (QED) is 0.493. The Labute approximate surface area is 156 Å². The van der Waals surface area contributed by atoms with E-state index in [2.05, 4.69) is 16.1 Å². The van der Waals surface area contributed by atoms with E-state index in [1.165, 1.54) is 0 Å². The molecule has 1 aromatic rings. The first kappa shape index (κ1) is 19.7. The summed E-state index contributed by atoms with van der Waals surface area (Å²) >= 11 is 5.76. The van der Waals surface area contributed by atoms with E-state index in [1.54, 1.807) is 38.1 Å². The lowest BCUT2D eigenvalue weighted by molar-refractivity contribution is -0.138. The van der Waals surface area contributed by atoms with Crippen LogP contribution in [-0.4, -0.2) is 40.8 Å². The molecule has 5 amide bonds. The zero-order valence-electron chi connectivity index (χ0n) is 14.6. The van der Waals surface area contributed by atoms with Gasteiger partial charge in [0.05, 0.1) is 0 Å². The smallest absolute Gasteiger partial charge is 0.344 e. The van der Waals surface area contributed by atoms with Gasteiger partial charge in [-0.3, -0.25) is 19.8 Å². The Bertz CT molecular complexity index is 722. The second kappa shape index (κ2) is 8.18. The number of benzene rings is 1. The van der Waals surface area contributed by atoms with Crippen LogP contribution in [0, 0.1) is 0 Å². The Morgan fingerprint density at radius 2 is 1.88 bits per heavy atom. The largest absolute Gasteiger partial charge is 0.352 e. The summed E-state index contributed by atoms with van der Waals surface area (Å²) in [7, 11) is 0. The van der Waals surface area contributed by atoms with Gasteiger partial charge in [-0.05, 0) is 44.0 Å². The first-order valence-electron chi connectivity index (χ1n) is 8.27. The lowest BCUT2D eigenvalue weighted by Gasteiger charge is -2.19. The average molecular weight is 381 g/mol. The van der Waals surface area contributed by atoms with Crippen molar-refractivity contribution in [3.8, 4) is 0 Å². The number of hydrazine groups is 1. The van der Waals surface area contributed by atoms with Crippen molar-refractivity contribution < 1.29 is 19.2 Å². The summed E-state index contributed by atoms with van der Waals surface area (Å²) in [4.78, 5) is 47.8. The number of imide groups is 1. The van der Waals surface area contributed by atoms with Gasteiger partial charge in [0.15, 0.2) is 0 Å². The van der Waals surface area contributed by atoms with Crippen molar-refractivity contribution in [2.24, 2.45) is 0 Å². The summed E-state index contributed by atoms with van der Waals surface area (Å²) in [6.45, 7) is 3.65. The molecule has 1 aromatic carbocycles. The van der Waals surface area contributed by atoms with Gasteiger partial charge in [0.1, 0.15) is 5.54 Å². The van der Waals surface area contributed by atoms with Crippen molar-refractivity contribution in [1.29, 1.82) is 0 Å². The van der Waals surface area contributed by atoms with Gasteiger partial charge < -0.3 is 10.6 Å². The van der Waals surface area contributed by atoms with Crippen LogP contribution in [0.3, 0.4) is 0 Å². The van der Waals surface area contributed by atoms with Crippen molar-refractivity contribution in [3.63, 3.8) is 0 Å². The van der Waals surface area contributed by atoms with E-state index in [1.807, 2.05) is 0 Å². The number of carbonyl (C=O) groups excluding carboxylic acids is 4. The molecule has 9 heteroatoms. The summed E-state index contributed by atoms with van der Waals surface area (Å²) in [5.74, 6) is -1.24. The highest BCUT2D eigenvalue weighted by molar-refractivity contribution is 6.30. The van der Waals surface area contributed by atoms with Crippen LogP contribution in [-0.2, 0) is 9.59 Å². The number of hydrogen-bond acceptors (Lipinski definition) is 4. The maximum absolute atomic E-state index is 12.2. The Morgan fingerprint density at radius 1 is 1.23 bits per heavy atom. The highest BCUT2D eigenvalue weighted by Crippen LogP contribution is 2.19.